The number of carbonyl (C=O) groups is 2. The number of carbonyl (C=O) groups excluding carboxylic acids is 1. The van der Waals surface area contributed by atoms with Crippen LogP contribution in [-0.4, -0.2) is 50.1 Å². The van der Waals surface area contributed by atoms with Crippen molar-refractivity contribution >= 4 is 44.9 Å². The maximum atomic E-state index is 14.1. The topological polar surface area (TPSA) is 113 Å². The number of amides is 1. The lowest BCUT2D eigenvalue weighted by molar-refractivity contribution is -0.143. The van der Waals surface area contributed by atoms with Crippen molar-refractivity contribution in [3.8, 4) is 5.75 Å². The monoisotopic (exact) mass is 624 g/mol. The number of nitrogens with one attached hydrogen (secondary N) is 1. The Bertz CT molecular complexity index is 1530. The minimum absolute atomic E-state index is 0.0122. The Kier molecular flexibility index (Phi) is 10.4. The zero-order valence-electron chi connectivity index (χ0n) is 25.1. The molecular weight excluding hydrogens is 585 g/mol. The average Bonchev–Trinajstić information content (AvgIpc) is 3.10. The maximum absolute atomic E-state index is 14.1. The molecular formula is C33H40N2O6S2. The zero-order valence-corrected chi connectivity index (χ0v) is 26.7. The van der Waals surface area contributed by atoms with Crippen LogP contribution in [0.2, 0.25) is 0 Å². The quantitative estimate of drug-likeness (QED) is 0.216. The molecule has 4 rings (SSSR count). The number of fused-ring (bicyclic) bond motifs is 1. The number of carboxylic acid groups (broad SMARTS) is 1. The van der Waals surface area contributed by atoms with Gasteiger partial charge in [-0.05, 0) is 49.8 Å². The molecule has 8 nitrogen and oxygen atoms in total. The van der Waals surface area contributed by atoms with E-state index in [-0.39, 0.29) is 16.4 Å². The number of thioether (sulfide) groups is 1. The van der Waals surface area contributed by atoms with E-state index in [4.69, 9.17) is 4.74 Å². The summed E-state index contributed by atoms with van der Waals surface area (Å²) in [6, 6.07) is 20.3. The van der Waals surface area contributed by atoms with Gasteiger partial charge in [-0.25, -0.2) is 13.2 Å². The van der Waals surface area contributed by atoms with Gasteiger partial charge in [0, 0.05) is 23.7 Å². The van der Waals surface area contributed by atoms with Gasteiger partial charge in [0.15, 0.2) is 22.0 Å². The van der Waals surface area contributed by atoms with Gasteiger partial charge in [-0.15, -0.1) is 11.8 Å². The third-order valence-corrected chi connectivity index (χ3v) is 10.8. The van der Waals surface area contributed by atoms with E-state index >= 15 is 0 Å². The number of benzene rings is 3. The van der Waals surface area contributed by atoms with Crippen molar-refractivity contribution < 1.29 is 27.9 Å². The van der Waals surface area contributed by atoms with Crippen molar-refractivity contribution in [3.05, 3.63) is 78.4 Å². The first kappa shape index (κ1) is 32.4. The fourth-order valence-corrected chi connectivity index (χ4v) is 8.27. The van der Waals surface area contributed by atoms with Gasteiger partial charge < -0.3 is 20.1 Å². The van der Waals surface area contributed by atoms with Gasteiger partial charge >= 0.3 is 5.97 Å². The molecule has 3 aromatic rings. The van der Waals surface area contributed by atoms with Crippen LogP contribution in [0.25, 0.3) is 0 Å². The van der Waals surface area contributed by atoms with Gasteiger partial charge in [0.1, 0.15) is 5.75 Å². The van der Waals surface area contributed by atoms with E-state index in [2.05, 4.69) is 24.1 Å². The van der Waals surface area contributed by atoms with Gasteiger partial charge in [0.25, 0.3) is 5.91 Å². The third kappa shape index (κ3) is 7.36. The van der Waals surface area contributed by atoms with Crippen molar-refractivity contribution in [2.45, 2.75) is 68.4 Å². The van der Waals surface area contributed by atoms with Crippen molar-refractivity contribution in [2.75, 3.05) is 23.5 Å². The highest BCUT2D eigenvalue weighted by Crippen LogP contribution is 2.47. The predicted molar refractivity (Wildman–Crippen MR) is 171 cm³/mol. The Morgan fingerprint density at radius 2 is 1.72 bits per heavy atom. The third-order valence-electron chi connectivity index (χ3n) is 8.08. The second-order valence-corrected chi connectivity index (χ2v) is 13.9. The normalized spacial score (nSPS) is 19.0. The average molecular weight is 625 g/mol. The first-order valence-electron chi connectivity index (χ1n) is 14.6. The number of carboxylic acids is 1. The number of nitrogens with zero attached hydrogens (tertiary/aromatic N) is 1. The molecule has 230 valence electrons. The molecule has 3 aromatic carbocycles. The van der Waals surface area contributed by atoms with Gasteiger partial charge in [0.2, 0.25) is 0 Å². The SMILES string of the molecule is CCCCC1(CC)CN(c2ccccc2)c2cc(SC)c(OC(C)C(=O)N[C@@H](C(=O)O)c3ccccc3)cc2S(=O)(=O)C1. The molecule has 1 aliphatic rings. The number of para-hydroxylation sites is 1. The number of hydrogen-bond acceptors (Lipinski definition) is 7. The largest absolute Gasteiger partial charge is 0.480 e. The number of anilines is 2. The molecule has 43 heavy (non-hydrogen) atoms. The Hall–Kier alpha value is -3.50. The standard InChI is InChI=1S/C33H40N2O6S2/c1-5-7-18-33(6-2)21-35(25-16-12-9-13-17-25)26-19-28(42-4)27(20-29(26)43(39,40)22-33)41-23(3)31(36)34-30(32(37)38)24-14-10-8-11-15-24/h8-17,19-20,23,30H,5-7,18,21-22H2,1-4H3,(H,34,36)(H,37,38)/t23?,30-,33?/m1/s1. The Labute approximate surface area is 258 Å². The molecule has 0 bridgehead atoms. The summed E-state index contributed by atoms with van der Waals surface area (Å²) in [7, 11) is -3.75. The molecule has 0 spiro atoms. The second-order valence-electron chi connectivity index (χ2n) is 11.1. The van der Waals surface area contributed by atoms with Crippen LogP contribution in [0.4, 0.5) is 11.4 Å². The highest BCUT2D eigenvalue weighted by atomic mass is 32.2. The van der Waals surface area contributed by atoms with E-state index < -0.39 is 39.3 Å². The summed E-state index contributed by atoms with van der Waals surface area (Å²) in [5.41, 5.74) is 1.48. The second kappa shape index (κ2) is 13.9. The van der Waals surface area contributed by atoms with E-state index in [0.29, 0.717) is 29.1 Å². The van der Waals surface area contributed by atoms with E-state index in [1.54, 1.807) is 30.3 Å². The number of hydrogen-bond donors (Lipinski definition) is 2. The van der Waals surface area contributed by atoms with Crippen LogP contribution in [0, 0.1) is 5.41 Å². The summed E-state index contributed by atoms with van der Waals surface area (Å²) in [5, 5.41) is 12.3. The van der Waals surface area contributed by atoms with Crippen LogP contribution in [0.3, 0.4) is 0 Å². The van der Waals surface area contributed by atoms with E-state index in [9.17, 15) is 23.1 Å². The molecule has 2 unspecified atom stereocenters. The molecule has 1 amide bonds. The summed E-state index contributed by atoms with van der Waals surface area (Å²) >= 11 is 1.39. The van der Waals surface area contributed by atoms with Crippen molar-refractivity contribution in [1.82, 2.24) is 5.32 Å². The molecule has 0 fully saturated rings. The summed E-state index contributed by atoms with van der Waals surface area (Å²) in [4.78, 5) is 28.0. The van der Waals surface area contributed by atoms with Crippen molar-refractivity contribution in [2.24, 2.45) is 5.41 Å². The van der Waals surface area contributed by atoms with Crippen LogP contribution >= 0.6 is 11.8 Å². The summed E-state index contributed by atoms with van der Waals surface area (Å²) in [5.74, 6) is -1.56. The summed E-state index contributed by atoms with van der Waals surface area (Å²) in [6.07, 6.45) is 4.18. The minimum Gasteiger partial charge on any atom is -0.480 e. The molecule has 0 aromatic heterocycles. The number of ether oxygens (including phenoxy) is 1. The Morgan fingerprint density at radius 3 is 2.30 bits per heavy atom. The Balaban J connectivity index is 1.73. The number of unbranched alkanes of at least 4 members (excludes halogenated alkanes) is 1. The van der Waals surface area contributed by atoms with Gasteiger partial charge in [-0.1, -0.05) is 75.2 Å². The number of sulfone groups is 1. The zero-order chi connectivity index (χ0) is 31.2. The molecule has 0 aliphatic carbocycles. The van der Waals surface area contributed by atoms with Crippen LogP contribution < -0.4 is 15.0 Å². The van der Waals surface area contributed by atoms with Crippen LogP contribution in [0.15, 0.2) is 82.6 Å². The maximum Gasteiger partial charge on any atom is 0.330 e. The summed E-state index contributed by atoms with van der Waals surface area (Å²) in [6.45, 7) is 6.25. The molecule has 10 heteroatoms. The van der Waals surface area contributed by atoms with Crippen molar-refractivity contribution in [3.63, 3.8) is 0 Å². The first-order chi connectivity index (χ1) is 20.5. The molecule has 1 heterocycles. The molecule has 0 saturated heterocycles. The van der Waals surface area contributed by atoms with E-state index in [1.807, 2.05) is 42.7 Å². The summed E-state index contributed by atoms with van der Waals surface area (Å²) < 4.78 is 34.3. The molecule has 1 aliphatic heterocycles. The number of rotatable bonds is 12. The van der Waals surface area contributed by atoms with E-state index in [0.717, 1.165) is 24.9 Å². The molecule has 3 atom stereocenters. The van der Waals surface area contributed by atoms with Crippen molar-refractivity contribution in [1.29, 1.82) is 0 Å². The highest BCUT2D eigenvalue weighted by molar-refractivity contribution is 7.98. The highest BCUT2D eigenvalue weighted by Gasteiger charge is 2.42. The Morgan fingerprint density at radius 1 is 1.07 bits per heavy atom. The lowest BCUT2D eigenvalue weighted by Crippen LogP contribution is -2.41. The first-order valence-corrected chi connectivity index (χ1v) is 17.4. The van der Waals surface area contributed by atoms with Gasteiger partial charge in [-0.3, -0.25) is 4.79 Å². The molecule has 0 radical (unpaired) electrons. The van der Waals surface area contributed by atoms with Gasteiger partial charge in [0.05, 0.1) is 21.2 Å². The molecule has 2 N–H and O–H groups in total. The lowest BCUT2D eigenvalue weighted by atomic mass is 9.81. The molecule has 0 saturated carbocycles. The van der Waals surface area contributed by atoms with Crippen LogP contribution in [0.1, 0.15) is 58.1 Å². The van der Waals surface area contributed by atoms with E-state index in [1.165, 1.54) is 24.8 Å². The fraction of sp³-hybridized carbons (Fsp3) is 0.394. The van der Waals surface area contributed by atoms with Crippen LogP contribution in [-0.2, 0) is 19.4 Å². The minimum atomic E-state index is -3.75. The smallest absolute Gasteiger partial charge is 0.330 e. The fourth-order valence-electron chi connectivity index (χ4n) is 5.56. The predicted octanol–water partition coefficient (Wildman–Crippen LogP) is 6.63. The lowest BCUT2D eigenvalue weighted by Gasteiger charge is -2.36. The van der Waals surface area contributed by atoms with Crippen LogP contribution in [0.5, 0.6) is 5.75 Å². The number of aliphatic carboxylic acids is 1. The van der Waals surface area contributed by atoms with Gasteiger partial charge in [-0.2, -0.15) is 0 Å².